The minimum absolute atomic E-state index is 0.00232. The predicted molar refractivity (Wildman–Crippen MR) is 92.3 cm³/mol. The minimum Gasteiger partial charge on any atom is -0.493 e. The fraction of sp³-hybridized carbons (Fsp3) is 0.632. The Bertz CT molecular complexity index is 824. The summed E-state index contributed by atoms with van der Waals surface area (Å²) >= 11 is 0. The summed E-state index contributed by atoms with van der Waals surface area (Å²) in [5.41, 5.74) is 1.85. The van der Waals surface area contributed by atoms with Crippen molar-refractivity contribution >= 4 is 5.78 Å². The van der Waals surface area contributed by atoms with Gasteiger partial charge < -0.3 is 14.4 Å². The Morgan fingerprint density at radius 3 is 2.96 bits per heavy atom. The molecular formula is C19H22N2O5. The van der Waals surface area contributed by atoms with Crippen molar-refractivity contribution in [1.82, 2.24) is 4.90 Å². The number of ketones is 1. The number of likely N-dealkylation sites (N-methyl/N-ethyl adjacent to an activating group) is 1. The van der Waals surface area contributed by atoms with Gasteiger partial charge in [-0.05, 0) is 44.0 Å². The van der Waals surface area contributed by atoms with E-state index in [1.165, 1.54) is 5.56 Å². The molecule has 1 aromatic rings. The van der Waals surface area contributed by atoms with Crippen molar-refractivity contribution in [3.05, 3.63) is 33.4 Å². The number of piperidine rings is 1. The van der Waals surface area contributed by atoms with Crippen molar-refractivity contribution in [2.75, 3.05) is 27.2 Å². The smallest absolute Gasteiger partial charge is 0.207 e. The molecule has 1 spiro atoms. The second-order valence-corrected chi connectivity index (χ2v) is 8.14. The normalized spacial score (nSPS) is 37.1. The molecular weight excluding hydrogens is 336 g/mol. The first kappa shape index (κ1) is 16.1. The lowest BCUT2D eigenvalue weighted by Gasteiger charge is -2.58. The van der Waals surface area contributed by atoms with Crippen LogP contribution in [0.15, 0.2) is 12.1 Å². The van der Waals surface area contributed by atoms with Crippen LogP contribution in [0.25, 0.3) is 0 Å². The molecule has 1 saturated carbocycles. The molecule has 0 amide bonds. The SMILES string of the molecule is COc1ccc2c3c1O[C@H]1C(=O)C[C@H](C[N+](=O)[O-])C4C(C2)N(C)CCC341. The number of nitro groups is 1. The molecule has 2 fully saturated rings. The number of methoxy groups -OCH3 is 1. The maximum atomic E-state index is 13.0. The Hall–Kier alpha value is -2.15. The van der Waals surface area contributed by atoms with Crippen LogP contribution in [-0.4, -0.2) is 55.0 Å². The second kappa shape index (κ2) is 5.19. The molecule has 2 aliphatic heterocycles. The maximum absolute atomic E-state index is 13.0. The quantitative estimate of drug-likeness (QED) is 0.601. The number of carbonyl (C=O) groups is 1. The fourth-order valence-electron chi connectivity index (χ4n) is 6.28. The van der Waals surface area contributed by atoms with Gasteiger partial charge in [0.25, 0.3) is 0 Å². The van der Waals surface area contributed by atoms with E-state index in [9.17, 15) is 14.9 Å². The van der Waals surface area contributed by atoms with Gasteiger partial charge in [-0.25, -0.2) is 0 Å². The van der Waals surface area contributed by atoms with Crippen LogP contribution in [-0.2, 0) is 16.6 Å². The number of benzene rings is 1. The topological polar surface area (TPSA) is 81.9 Å². The number of carbonyl (C=O) groups excluding carboxylic acids is 1. The van der Waals surface area contributed by atoms with Gasteiger partial charge in [0, 0.05) is 34.3 Å². The van der Waals surface area contributed by atoms with E-state index < -0.39 is 11.5 Å². The minimum atomic E-state index is -0.531. The third kappa shape index (κ3) is 1.79. The molecule has 0 aromatic heterocycles. The van der Waals surface area contributed by atoms with Gasteiger partial charge in [0.15, 0.2) is 23.4 Å². The molecule has 1 saturated heterocycles. The zero-order valence-corrected chi connectivity index (χ0v) is 14.9. The Labute approximate surface area is 151 Å². The molecule has 7 heteroatoms. The summed E-state index contributed by atoms with van der Waals surface area (Å²) in [5.74, 6) is 1.17. The molecule has 0 N–H and O–H groups in total. The van der Waals surface area contributed by atoms with Gasteiger partial charge in [-0.2, -0.15) is 0 Å². The third-order valence-corrected chi connectivity index (χ3v) is 7.13. The highest BCUT2D eigenvalue weighted by molar-refractivity contribution is 5.89. The lowest BCUT2D eigenvalue weighted by molar-refractivity contribution is -0.491. The van der Waals surface area contributed by atoms with Crippen LogP contribution in [0.5, 0.6) is 11.5 Å². The van der Waals surface area contributed by atoms with Gasteiger partial charge in [-0.3, -0.25) is 14.9 Å². The van der Waals surface area contributed by atoms with Crippen LogP contribution < -0.4 is 9.47 Å². The molecule has 26 heavy (non-hydrogen) atoms. The third-order valence-electron chi connectivity index (χ3n) is 7.13. The van der Waals surface area contributed by atoms with Crippen LogP contribution in [0, 0.1) is 22.0 Å². The highest BCUT2D eigenvalue weighted by Crippen LogP contribution is 2.64. The van der Waals surface area contributed by atoms with Crippen LogP contribution >= 0.6 is 0 Å². The van der Waals surface area contributed by atoms with E-state index in [-0.39, 0.29) is 41.5 Å². The molecule has 1 aromatic carbocycles. The van der Waals surface area contributed by atoms with E-state index in [1.54, 1.807) is 7.11 Å². The molecule has 2 heterocycles. The fourth-order valence-corrected chi connectivity index (χ4v) is 6.28. The Morgan fingerprint density at radius 2 is 2.23 bits per heavy atom. The number of nitrogens with zero attached hydrogens (tertiary/aromatic N) is 2. The summed E-state index contributed by atoms with van der Waals surface area (Å²) in [6.07, 6.45) is 1.33. The maximum Gasteiger partial charge on any atom is 0.207 e. The van der Waals surface area contributed by atoms with Gasteiger partial charge in [0.05, 0.1) is 7.11 Å². The van der Waals surface area contributed by atoms with Crippen molar-refractivity contribution in [2.45, 2.75) is 36.8 Å². The molecule has 2 aliphatic carbocycles. The monoisotopic (exact) mass is 358 g/mol. The Balaban J connectivity index is 1.76. The number of hydrogen-bond donors (Lipinski definition) is 0. The molecule has 0 radical (unpaired) electrons. The molecule has 5 atom stereocenters. The van der Waals surface area contributed by atoms with Crippen LogP contribution in [0.4, 0.5) is 0 Å². The van der Waals surface area contributed by atoms with Crippen molar-refractivity contribution in [2.24, 2.45) is 11.8 Å². The molecule has 138 valence electrons. The van der Waals surface area contributed by atoms with Gasteiger partial charge in [-0.1, -0.05) is 6.07 Å². The lowest BCUT2D eigenvalue weighted by Crippen LogP contribution is -2.68. The van der Waals surface area contributed by atoms with Crippen molar-refractivity contribution < 1.29 is 19.2 Å². The molecule has 5 rings (SSSR count). The van der Waals surface area contributed by atoms with E-state index in [0.29, 0.717) is 11.5 Å². The molecule has 7 nitrogen and oxygen atoms in total. The number of Topliss-reactive ketones (excluding diaryl/α,β-unsaturated/α-hetero) is 1. The van der Waals surface area contributed by atoms with E-state index in [4.69, 9.17) is 9.47 Å². The summed E-state index contributed by atoms with van der Waals surface area (Å²) in [5, 5.41) is 11.3. The lowest BCUT2D eigenvalue weighted by atomic mass is 9.49. The molecule has 3 unspecified atom stereocenters. The van der Waals surface area contributed by atoms with E-state index in [2.05, 4.69) is 18.0 Å². The molecule has 2 bridgehead atoms. The van der Waals surface area contributed by atoms with Crippen LogP contribution in [0.2, 0.25) is 0 Å². The first-order chi connectivity index (χ1) is 12.5. The average Bonchev–Trinajstić information content (AvgIpc) is 2.94. The van der Waals surface area contributed by atoms with Gasteiger partial charge >= 0.3 is 0 Å². The van der Waals surface area contributed by atoms with Gasteiger partial charge in [0.2, 0.25) is 6.54 Å². The van der Waals surface area contributed by atoms with Crippen molar-refractivity contribution in [3.8, 4) is 11.5 Å². The largest absolute Gasteiger partial charge is 0.493 e. The summed E-state index contributed by atoms with van der Waals surface area (Å²) in [6, 6.07) is 4.20. The zero-order chi connectivity index (χ0) is 18.2. The highest BCUT2D eigenvalue weighted by Gasteiger charge is 2.68. The van der Waals surface area contributed by atoms with Gasteiger partial charge in [0.1, 0.15) is 0 Å². The van der Waals surface area contributed by atoms with E-state index >= 15 is 0 Å². The van der Waals surface area contributed by atoms with Crippen molar-refractivity contribution in [3.63, 3.8) is 0 Å². The Kier molecular flexibility index (Phi) is 3.20. The van der Waals surface area contributed by atoms with Crippen LogP contribution in [0.3, 0.4) is 0 Å². The predicted octanol–water partition coefficient (Wildman–Crippen LogP) is 1.44. The van der Waals surface area contributed by atoms with E-state index in [0.717, 1.165) is 24.9 Å². The number of ether oxygens (including phenoxy) is 2. The number of likely N-dealkylation sites (tertiary alicyclic amines) is 1. The summed E-state index contributed by atoms with van der Waals surface area (Å²) in [7, 11) is 3.70. The standard InChI is InChI=1S/C19H22N2O5/c1-20-6-5-19-15-11(9-21(23)24)8-13(22)18(19)26-17-14(25-2)4-3-10(16(17)19)7-12(15)20/h3-4,11-12,15,18H,5-9H2,1-2H3/t11-,12?,15?,18+,19?/m1/s1. The molecule has 4 aliphatic rings. The van der Waals surface area contributed by atoms with Gasteiger partial charge in [-0.15, -0.1) is 0 Å². The first-order valence-corrected chi connectivity index (χ1v) is 9.19. The summed E-state index contributed by atoms with van der Waals surface area (Å²) < 4.78 is 11.7. The average molecular weight is 358 g/mol. The highest BCUT2D eigenvalue weighted by atomic mass is 16.6. The number of rotatable bonds is 3. The summed E-state index contributed by atoms with van der Waals surface area (Å²) in [4.78, 5) is 26.4. The Morgan fingerprint density at radius 1 is 1.42 bits per heavy atom. The summed E-state index contributed by atoms with van der Waals surface area (Å²) in [6.45, 7) is 0.722. The van der Waals surface area contributed by atoms with Crippen LogP contribution in [0.1, 0.15) is 24.0 Å². The van der Waals surface area contributed by atoms with Crippen molar-refractivity contribution in [1.29, 1.82) is 0 Å². The zero-order valence-electron chi connectivity index (χ0n) is 14.9. The number of hydrogen-bond acceptors (Lipinski definition) is 6. The first-order valence-electron chi connectivity index (χ1n) is 9.19. The second-order valence-electron chi connectivity index (χ2n) is 8.14. The van der Waals surface area contributed by atoms with E-state index in [1.807, 2.05) is 6.07 Å².